The van der Waals surface area contributed by atoms with Crippen LogP contribution in [0.15, 0.2) is 53.4 Å². The minimum atomic E-state index is -0.353. The molecule has 0 heterocycles. The minimum Gasteiger partial charge on any atom is -0.381 e. The zero-order valence-electron chi connectivity index (χ0n) is 10.5. The van der Waals surface area contributed by atoms with Gasteiger partial charge >= 0.3 is 0 Å². The Morgan fingerprint density at radius 2 is 1.84 bits per heavy atom. The van der Waals surface area contributed by atoms with E-state index in [0.717, 1.165) is 5.69 Å². The molecule has 1 N–H and O–H groups in total. The highest BCUT2D eigenvalue weighted by Gasteiger charge is 2.11. The lowest BCUT2D eigenvalue weighted by atomic mass is 10.2. The van der Waals surface area contributed by atoms with Gasteiger partial charge in [0.1, 0.15) is 0 Å². The third-order valence-corrected chi connectivity index (χ3v) is 3.50. The van der Waals surface area contributed by atoms with E-state index in [-0.39, 0.29) is 10.6 Å². The molecule has 0 aromatic heterocycles. The van der Waals surface area contributed by atoms with Gasteiger partial charge in [-0.25, -0.2) is 0 Å². The van der Waals surface area contributed by atoms with Crippen LogP contribution in [0, 0.1) is 10.1 Å². The van der Waals surface area contributed by atoms with Crippen molar-refractivity contribution in [2.24, 2.45) is 0 Å². The molecule has 5 heteroatoms. The topological polar surface area (TPSA) is 55.2 Å². The van der Waals surface area contributed by atoms with Crippen LogP contribution in [0.3, 0.4) is 0 Å². The Labute approximate surface area is 116 Å². The third kappa shape index (κ3) is 3.48. The molecule has 0 amide bonds. The molecule has 0 aliphatic rings. The van der Waals surface area contributed by atoms with Crippen LogP contribution in [-0.2, 0) is 6.54 Å². The second-order valence-corrected chi connectivity index (χ2v) is 4.85. The van der Waals surface area contributed by atoms with Gasteiger partial charge in [0.2, 0.25) is 0 Å². The molecule has 0 spiro atoms. The Hall–Kier alpha value is -2.01. The first-order valence-corrected chi connectivity index (χ1v) is 7.03. The molecule has 0 bridgehead atoms. The van der Waals surface area contributed by atoms with Gasteiger partial charge in [-0.3, -0.25) is 10.1 Å². The maximum Gasteiger partial charge on any atom is 0.274 e. The van der Waals surface area contributed by atoms with Crippen molar-refractivity contribution in [1.82, 2.24) is 0 Å². The molecule has 19 heavy (non-hydrogen) atoms. The second kappa shape index (κ2) is 6.24. The van der Waals surface area contributed by atoms with Crippen LogP contribution in [0.4, 0.5) is 11.4 Å². The first-order chi connectivity index (χ1) is 9.20. The van der Waals surface area contributed by atoms with Crippen LogP contribution in [0.5, 0.6) is 0 Å². The van der Waals surface area contributed by atoms with Crippen molar-refractivity contribution in [1.29, 1.82) is 0 Å². The summed E-state index contributed by atoms with van der Waals surface area (Å²) >= 11 is 1.68. The summed E-state index contributed by atoms with van der Waals surface area (Å²) in [4.78, 5) is 11.7. The predicted octanol–water partition coefficient (Wildman–Crippen LogP) is 3.93. The smallest absolute Gasteiger partial charge is 0.274 e. The van der Waals surface area contributed by atoms with E-state index in [2.05, 4.69) is 5.32 Å². The number of hydrogen-bond acceptors (Lipinski definition) is 4. The van der Waals surface area contributed by atoms with Crippen molar-refractivity contribution in [3.63, 3.8) is 0 Å². The zero-order valence-corrected chi connectivity index (χ0v) is 11.3. The first-order valence-electron chi connectivity index (χ1n) is 5.81. The summed E-state index contributed by atoms with van der Waals surface area (Å²) in [6.45, 7) is 0.440. The fourth-order valence-corrected chi connectivity index (χ4v) is 2.15. The number of para-hydroxylation sites is 1. The fourth-order valence-electron chi connectivity index (χ4n) is 1.74. The van der Waals surface area contributed by atoms with Crippen molar-refractivity contribution in [3.8, 4) is 0 Å². The standard InChI is InChI=1S/C14H14N2O2S/c1-19-13-8-6-12(7-9-13)15-10-11-4-2-3-5-14(11)16(17)18/h2-9,15H,10H2,1H3. The summed E-state index contributed by atoms with van der Waals surface area (Å²) in [5, 5.41) is 14.1. The molecule has 2 aromatic rings. The lowest BCUT2D eigenvalue weighted by Crippen LogP contribution is -2.02. The van der Waals surface area contributed by atoms with Gasteiger partial charge in [-0.2, -0.15) is 0 Å². The predicted molar refractivity (Wildman–Crippen MR) is 78.6 cm³/mol. The van der Waals surface area contributed by atoms with Gasteiger partial charge in [-0.15, -0.1) is 11.8 Å². The van der Waals surface area contributed by atoms with Crippen molar-refractivity contribution >= 4 is 23.1 Å². The monoisotopic (exact) mass is 274 g/mol. The van der Waals surface area contributed by atoms with Crippen LogP contribution >= 0.6 is 11.8 Å². The Bertz CT molecular complexity index is 570. The second-order valence-electron chi connectivity index (χ2n) is 3.97. The quantitative estimate of drug-likeness (QED) is 0.510. The van der Waals surface area contributed by atoms with Gasteiger partial charge in [-0.1, -0.05) is 18.2 Å². The highest BCUT2D eigenvalue weighted by molar-refractivity contribution is 7.98. The van der Waals surface area contributed by atoms with Gasteiger partial charge in [0.25, 0.3) is 5.69 Å². The summed E-state index contributed by atoms with van der Waals surface area (Å²) < 4.78 is 0. The van der Waals surface area contributed by atoms with Crippen molar-refractivity contribution < 1.29 is 4.92 Å². The van der Waals surface area contributed by atoms with Crippen LogP contribution in [0.1, 0.15) is 5.56 Å². The number of nitrogens with one attached hydrogen (secondary N) is 1. The molecular weight excluding hydrogens is 260 g/mol. The maximum atomic E-state index is 10.9. The Morgan fingerprint density at radius 3 is 2.47 bits per heavy atom. The molecular formula is C14H14N2O2S. The van der Waals surface area contributed by atoms with Crippen LogP contribution in [0.25, 0.3) is 0 Å². The van der Waals surface area contributed by atoms with E-state index in [0.29, 0.717) is 12.1 Å². The average Bonchev–Trinajstić information content (AvgIpc) is 2.46. The molecule has 0 unspecified atom stereocenters. The lowest BCUT2D eigenvalue weighted by molar-refractivity contribution is -0.385. The number of nitro groups is 1. The van der Waals surface area contributed by atoms with E-state index in [1.165, 1.54) is 11.0 Å². The van der Waals surface area contributed by atoms with E-state index in [9.17, 15) is 10.1 Å². The molecule has 98 valence electrons. The van der Waals surface area contributed by atoms with E-state index in [1.54, 1.807) is 30.0 Å². The van der Waals surface area contributed by atoms with Crippen LogP contribution in [0.2, 0.25) is 0 Å². The van der Waals surface area contributed by atoms with Gasteiger partial charge in [0, 0.05) is 28.8 Å². The first kappa shape index (κ1) is 13.4. The van der Waals surface area contributed by atoms with E-state index >= 15 is 0 Å². The van der Waals surface area contributed by atoms with Crippen LogP contribution in [-0.4, -0.2) is 11.2 Å². The molecule has 0 fully saturated rings. The van der Waals surface area contributed by atoms with E-state index < -0.39 is 0 Å². The largest absolute Gasteiger partial charge is 0.381 e. The maximum absolute atomic E-state index is 10.9. The van der Waals surface area contributed by atoms with Crippen molar-refractivity contribution in [3.05, 3.63) is 64.2 Å². The SMILES string of the molecule is CSc1ccc(NCc2ccccc2[N+](=O)[O-])cc1. The zero-order chi connectivity index (χ0) is 13.7. The summed E-state index contributed by atoms with van der Waals surface area (Å²) in [6, 6.07) is 14.8. The fraction of sp³-hybridized carbons (Fsp3) is 0.143. The normalized spacial score (nSPS) is 10.2. The molecule has 0 atom stereocenters. The molecule has 0 aliphatic carbocycles. The molecule has 0 saturated carbocycles. The number of thioether (sulfide) groups is 1. The van der Waals surface area contributed by atoms with Gasteiger partial charge in [0.15, 0.2) is 0 Å². The average molecular weight is 274 g/mol. The van der Waals surface area contributed by atoms with E-state index in [1.807, 2.05) is 30.5 Å². The number of anilines is 1. The van der Waals surface area contributed by atoms with Crippen molar-refractivity contribution in [2.45, 2.75) is 11.4 Å². The number of nitrogens with zero attached hydrogens (tertiary/aromatic N) is 1. The number of nitro benzene ring substituents is 1. The summed E-state index contributed by atoms with van der Waals surface area (Å²) in [5.74, 6) is 0. The highest BCUT2D eigenvalue weighted by Crippen LogP contribution is 2.21. The number of hydrogen-bond donors (Lipinski definition) is 1. The Morgan fingerprint density at radius 1 is 1.16 bits per heavy atom. The lowest BCUT2D eigenvalue weighted by Gasteiger charge is -2.07. The molecule has 2 aromatic carbocycles. The van der Waals surface area contributed by atoms with E-state index in [4.69, 9.17) is 0 Å². The summed E-state index contributed by atoms with van der Waals surface area (Å²) in [6.07, 6.45) is 2.02. The van der Waals surface area contributed by atoms with Gasteiger partial charge in [-0.05, 0) is 30.5 Å². The van der Waals surface area contributed by atoms with Gasteiger partial charge in [0.05, 0.1) is 4.92 Å². The Balaban J connectivity index is 2.07. The van der Waals surface area contributed by atoms with Crippen molar-refractivity contribution in [2.75, 3.05) is 11.6 Å². The molecule has 4 nitrogen and oxygen atoms in total. The summed E-state index contributed by atoms with van der Waals surface area (Å²) in [5.41, 5.74) is 1.79. The molecule has 0 saturated heterocycles. The number of benzene rings is 2. The Kier molecular flexibility index (Phi) is 4.41. The minimum absolute atomic E-state index is 0.149. The van der Waals surface area contributed by atoms with Gasteiger partial charge < -0.3 is 5.32 Å². The molecule has 0 aliphatic heterocycles. The highest BCUT2D eigenvalue weighted by atomic mass is 32.2. The summed E-state index contributed by atoms with van der Waals surface area (Å²) in [7, 11) is 0. The van der Waals surface area contributed by atoms with Crippen LogP contribution < -0.4 is 5.32 Å². The molecule has 0 radical (unpaired) electrons. The third-order valence-electron chi connectivity index (χ3n) is 2.76. The molecule has 2 rings (SSSR count). The number of rotatable bonds is 5.